The molecule has 0 aromatic heterocycles. The van der Waals surface area contributed by atoms with Gasteiger partial charge < -0.3 is 19.7 Å². The first kappa shape index (κ1) is 19.0. The van der Waals surface area contributed by atoms with Crippen LogP contribution in [0.15, 0.2) is 24.3 Å². The fraction of sp³-hybridized carbons (Fsp3) is 0.650. The Kier molecular flexibility index (Phi) is 7.14. The van der Waals surface area contributed by atoms with Crippen LogP contribution in [0.3, 0.4) is 0 Å². The quantitative estimate of drug-likeness (QED) is 0.759. The summed E-state index contributed by atoms with van der Waals surface area (Å²) in [6.07, 6.45) is 3.06. The topological polar surface area (TPSA) is 54.0 Å². The van der Waals surface area contributed by atoms with E-state index < -0.39 is 0 Å². The zero-order valence-electron chi connectivity index (χ0n) is 15.8. The Labute approximate surface area is 156 Å². The molecule has 0 spiro atoms. The number of rotatable bonds is 7. The fourth-order valence-electron chi connectivity index (χ4n) is 3.73. The second-order valence-electron chi connectivity index (χ2n) is 6.89. The van der Waals surface area contributed by atoms with Gasteiger partial charge in [-0.25, -0.2) is 4.79 Å². The van der Waals surface area contributed by atoms with Gasteiger partial charge in [0.2, 0.25) is 0 Å². The average Bonchev–Trinajstić information content (AvgIpc) is 3.17. The van der Waals surface area contributed by atoms with E-state index in [-0.39, 0.29) is 12.1 Å². The molecule has 1 aromatic carbocycles. The predicted octanol–water partition coefficient (Wildman–Crippen LogP) is 2.65. The number of carbonyl (C=O) groups excluding carboxylic acids is 1. The number of carbonyl (C=O) groups is 1. The Hall–Kier alpha value is -1.79. The van der Waals surface area contributed by atoms with Gasteiger partial charge in [0.1, 0.15) is 5.75 Å². The highest BCUT2D eigenvalue weighted by Crippen LogP contribution is 2.32. The second kappa shape index (κ2) is 9.78. The largest absolute Gasteiger partial charge is 0.494 e. The Balaban J connectivity index is 1.45. The molecule has 0 saturated carbocycles. The molecule has 26 heavy (non-hydrogen) atoms. The van der Waals surface area contributed by atoms with Crippen molar-refractivity contribution in [3.8, 4) is 5.75 Å². The van der Waals surface area contributed by atoms with E-state index in [1.807, 2.05) is 24.0 Å². The molecule has 2 fully saturated rings. The molecular formula is C20H31N3O3. The van der Waals surface area contributed by atoms with Crippen molar-refractivity contribution in [1.82, 2.24) is 15.1 Å². The van der Waals surface area contributed by atoms with Crippen LogP contribution in [0.25, 0.3) is 0 Å². The van der Waals surface area contributed by atoms with Crippen LogP contribution in [0.5, 0.6) is 5.75 Å². The summed E-state index contributed by atoms with van der Waals surface area (Å²) in [5, 5.41) is 3.10. The Bertz CT molecular complexity index is 558. The van der Waals surface area contributed by atoms with Crippen molar-refractivity contribution in [2.75, 3.05) is 52.5 Å². The zero-order chi connectivity index (χ0) is 18.2. The highest BCUT2D eigenvalue weighted by molar-refractivity contribution is 5.75. The normalized spacial score (nSPS) is 21.0. The summed E-state index contributed by atoms with van der Waals surface area (Å²) in [4.78, 5) is 17.0. The van der Waals surface area contributed by atoms with Gasteiger partial charge >= 0.3 is 6.03 Å². The number of nitrogens with zero attached hydrogens (tertiary/aromatic N) is 2. The smallest absolute Gasteiger partial charge is 0.317 e. The predicted molar refractivity (Wildman–Crippen MR) is 102 cm³/mol. The molecule has 2 saturated heterocycles. The molecule has 2 amide bonds. The van der Waals surface area contributed by atoms with E-state index in [0.717, 1.165) is 70.9 Å². The van der Waals surface area contributed by atoms with Crippen LogP contribution in [0.1, 0.15) is 37.8 Å². The van der Waals surface area contributed by atoms with E-state index >= 15 is 0 Å². The fourth-order valence-corrected chi connectivity index (χ4v) is 3.73. The Morgan fingerprint density at radius 3 is 2.73 bits per heavy atom. The maximum absolute atomic E-state index is 12.6. The molecule has 1 atom stereocenters. The number of benzene rings is 1. The number of hydrogen-bond acceptors (Lipinski definition) is 4. The molecule has 0 aliphatic carbocycles. The molecule has 2 heterocycles. The van der Waals surface area contributed by atoms with E-state index in [1.165, 1.54) is 5.56 Å². The third kappa shape index (κ3) is 5.11. The third-order valence-corrected chi connectivity index (χ3v) is 5.12. The lowest BCUT2D eigenvalue weighted by atomic mass is 10.0. The summed E-state index contributed by atoms with van der Waals surface area (Å²) >= 11 is 0. The first-order chi connectivity index (χ1) is 12.8. The summed E-state index contributed by atoms with van der Waals surface area (Å²) in [5.74, 6) is 0.883. The summed E-state index contributed by atoms with van der Waals surface area (Å²) in [6, 6.07) is 8.39. The van der Waals surface area contributed by atoms with E-state index in [4.69, 9.17) is 9.47 Å². The molecule has 2 aliphatic heterocycles. The number of ether oxygens (including phenoxy) is 2. The minimum atomic E-state index is 0.0587. The van der Waals surface area contributed by atoms with Crippen molar-refractivity contribution in [2.24, 2.45) is 0 Å². The molecule has 6 nitrogen and oxygen atoms in total. The van der Waals surface area contributed by atoms with Crippen LogP contribution in [0.2, 0.25) is 0 Å². The molecule has 1 aromatic rings. The molecule has 1 N–H and O–H groups in total. The standard InChI is InChI=1S/C20H31N3O3/c1-2-26-18-8-6-17(7-9-18)19-5-3-12-23(19)20(24)21-10-4-11-22-13-15-25-16-14-22/h6-9,19H,2-5,10-16H2,1H3,(H,21,24). The van der Waals surface area contributed by atoms with Crippen LogP contribution >= 0.6 is 0 Å². The van der Waals surface area contributed by atoms with Crippen LogP contribution in [0, 0.1) is 0 Å². The molecule has 6 heteroatoms. The van der Waals surface area contributed by atoms with Crippen molar-refractivity contribution in [2.45, 2.75) is 32.2 Å². The van der Waals surface area contributed by atoms with E-state index in [1.54, 1.807) is 0 Å². The Morgan fingerprint density at radius 2 is 2.00 bits per heavy atom. The van der Waals surface area contributed by atoms with Gasteiger partial charge in [-0.1, -0.05) is 12.1 Å². The number of likely N-dealkylation sites (tertiary alicyclic amines) is 1. The molecule has 1 unspecified atom stereocenters. The molecular weight excluding hydrogens is 330 g/mol. The van der Waals surface area contributed by atoms with Crippen molar-refractivity contribution >= 4 is 6.03 Å². The van der Waals surface area contributed by atoms with Gasteiger partial charge in [0.15, 0.2) is 0 Å². The molecule has 3 rings (SSSR count). The maximum Gasteiger partial charge on any atom is 0.317 e. The van der Waals surface area contributed by atoms with Crippen LogP contribution in [-0.2, 0) is 4.74 Å². The minimum absolute atomic E-state index is 0.0587. The van der Waals surface area contributed by atoms with Gasteiger partial charge in [-0.05, 0) is 50.4 Å². The van der Waals surface area contributed by atoms with Crippen molar-refractivity contribution in [3.63, 3.8) is 0 Å². The van der Waals surface area contributed by atoms with Gasteiger partial charge in [-0.15, -0.1) is 0 Å². The third-order valence-electron chi connectivity index (χ3n) is 5.12. The maximum atomic E-state index is 12.6. The lowest BCUT2D eigenvalue weighted by Gasteiger charge is -2.27. The minimum Gasteiger partial charge on any atom is -0.494 e. The van der Waals surface area contributed by atoms with Crippen LogP contribution in [0.4, 0.5) is 4.79 Å². The monoisotopic (exact) mass is 361 g/mol. The summed E-state index contributed by atoms with van der Waals surface area (Å²) < 4.78 is 10.9. The average molecular weight is 361 g/mol. The number of hydrogen-bond donors (Lipinski definition) is 1. The van der Waals surface area contributed by atoms with Crippen molar-refractivity contribution < 1.29 is 14.3 Å². The summed E-state index contributed by atoms with van der Waals surface area (Å²) in [5.41, 5.74) is 1.19. The van der Waals surface area contributed by atoms with Gasteiger partial charge in [-0.2, -0.15) is 0 Å². The highest BCUT2D eigenvalue weighted by Gasteiger charge is 2.29. The van der Waals surface area contributed by atoms with Crippen LogP contribution in [-0.4, -0.2) is 68.4 Å². The van der Waals surface area contributed by atoms with E-state index in [9.17, 15) is 4.79 Å². The molecule has 2 aliphatic rings. The van der Waals surface area contributed by atoms with E-state index in [0.29, 0.717) is 6.61 Å². The molecule has 144 valence electrons. The zero-order valence-corrected chi connectivity index (χ0v) is 15.8. The molecule has 0 radical (unpaired) electrons. The first-order valence-electron chi connectivity index (χ1n) is 9.85. The van der Waals surface area contributed by atoms with Gasteiger partial charge in [0, 0.05) is 26.2 Å². The lowest BCUT2D eigenvalue weighted by molar-refractivity contribution is 0.0375. The second-order valence-corrected chi connectivity index (χ2v) is 6.89. The SMILES string of the molecule is CCOc1ccc(C2CCCN2C(=O)NCCCN2CCOCC2)cc1. The van der Waals surface area contributed by atoms with Crippen LogP contribution < -0.4 is 10.1 Å². The summed E-state index contributed by atoms with van der Waals surface area (Å²) in [7, 11) is 0. The number of amides is 2. The highest BCUT2D eigenvalue weighted by atomic mass is 16.5. The first-order valence-corrected chi connectivity index (χ1v) is 9.85. The Morgan fingerprint density at radius 1 is 1.23 bits per heavy atom. The van der Waals surface area contributed by atoms with Crippen molar-refractivity contribution in [1.29, 1.82) is 0 Å². The van der Waals surface area contributed by atoms with E-state index in [2.05, 4.69) is 22.3 Å². The number of urea groups is 1. The van der Waals surface area contributed by atoms with Crippen molar-refractivity contribution in [3.05, 3.63) is 29.8 Å². The summed E-state index contributed by atoms with van der Waals surface area (Å²) in [6.45, 7) is 8.87. The number of morpholine rings is 1. The lowest BCUT2D eigenvalue weighted by Crippen LogP contribution is -2.41. The van der Waals surface area contributed by atoms with Gasteiger partial charge in [0.05, 0.1) is 25.9 Å². The number of nitrogens with one attached hydrogen (secondary N) is 1. The van der Waals surface area contributed by atoms with Gasteiger partial charge in [-0.3, -0.25) is 4.90 Å². The van der Waals surface area contributed by atoms with Gasteiger partial charge in [0.25, 0.3) is 0 Å². The molecule has 0 bridgehead atoms.